The summed E-state index contributed by atoms with van der Waals surface area (Å²) in [6.07, 6.45) is 0. The van der Waals surface area contributed by atoms with Gasteiger partial charge in [0, 0.05) is 10.7 Å². The minimum atomic E-state index is 0.433. The van der Waals surface area contributed by atoms with Crippen molar-refractivity contribution in [2.75, 3.05) is 5.73 Å². The Kier molecular flexibility index (Phi) is 1.79. The molecule has 0 bridgehead atoms. The van der Waals surface area contributed by atoms with E-state index in [-0.39, 0.29) is 0 Å². The van der Waals surface area contributed by atoms with Crippen molar-refractivity contribution in [3.05, 3.63) is 34.6 Å². The van der Waals surface area contributed by atoms with Gasteiger partial charge in [-0.05, 0) is 6.07 Å². The molecule has 50 valence electrons. The number of benzene rings is 1. The van der Waals surface area contributed by atoms with Gasteiger partial charge in [-0.3, -0.25) is 0 Å². The van der Waals surface area contributed by atoms with Crippen molar-refractivity contribution in [1.82, 2.24) is 0 Å². The summed E-state index contributed by atoms with van der Waals surface area (Å²) in [5.74, 6) is 0. The zero-order chi connectivity index (χ0) is 7.56. The zero-order valence-corrected chi connectivity index (χ0v) is 5.89. The minimum absolute atomic E-state index is 0.433. The van der Waals surface area contributed by atoms with Gasteiger partial charge in [-0.25, -0.2) is 4.85 Å². The van der Waals surface area contributed by atoms with Gasteiger partial charge < -0.3 is 5.73 Å². The number of hydrogen-bond acceptors (Lipinski definition) is 1. The molecule has 1 aromatic rings. The van der Waals surface area contributed by atoms with Gasteiger partial charge in [0.1, 0.15) is 0 Å². The van der Waals surface area contributed by atoms with Gasteiger partial charge >= 0.3 is 0 Å². The molecule has 0 fully saturated rings. The number of halogens is 1. The second kappa shape index (κ2) is 2.59. The van der Waals surface area contributed by atoms with Gasteiger partial charge in [-0.2, -0.15) is 0 Å². The Bertz CT molecular complexity index is 288. The quantitative estimate of drug-likeness (QED) is 0.449. The predicted octanol–water partition coefficient (Wildman–Crippen LogP) is 2.47. The van der Waals surface area contributed by atoms with Crippen LogP contribution in [-0.2, 0) is 0 Å². The molecule has 0 radical (unpaired) electrons. The van der Waals surface area contributed by atoms with E-state index in [1.807, 2.05) is 0 Å². The molecule has 0 unspecified atom stereocenters. The third-order valence-corrected chi connectivity index (χ3v) is 1.35. The average molecular weight is 153 g/mol. The minimum Gasteiger partial charge on any atom is -0.407 e. The highest BCUT2D eigenvalue weighted by molar-refractivity contribution is 6.31. The van der Waals surface area contributed by atoms with Crippen LogP contribution in [0.2, 0.25) is 5.02 Å². The molecule has 0 saturated carbocycles. The lowest BCUT2D eigenvalue weighted by molar-refractivity contribution is 1.69. The zero-order valence-electron chi connectivity index (χ0n) is 5.13. The molecule has 2 nitrogen and oxygen atoms in total. The highest BCUT2D eigenvalue weighted by Gasteiger charge is 1.96. The summed E-state index contributed by atoms with van der Waals surface area (Å²) in [6.45, 7) is 6.66. The second-order valence-corrected chi connectivity index (χ2v) is 2.25. The Morgan fingerprint density at radius 3 is 2.70 bits per heavy atom. The molecule has 0 amide bonds. The van der Waals surface area contributed by atoms with E-state index in [1.54, 1.807) is 18.2 Å². The first kappa shape index (κ1) is 6.91. The molecule has 0 saturated heterocycles. The average Bonchev–Trinajstić information content (AvgIpc) is 1.88. The van der Waals surface area contributed by atoms with E-state index in [9.17, 15) is 0 Å². The van der Waals surface area contributed by atoms with Crippen LogP contribution in [0, 0.1) is 6.57 Å². The summed E-state index contributed by atoms with van der Waals surface area (Å²) in [4.78, 5) is 3.18. The van der Waals surface area contributed by atoms with Crippen molar-refractivity contribution in [3.63, 3.8) is 0 Å². The van der Waals surface area contributed by atoms with E-state index < -0.39 is 0 Å². The molecule has 0 atom stereocenters. The maximum Gasteiger partial charge on any atom is 0.209 e. The highest BCUT2D eigenvalue weighted by Crippen LogP contribution is 2.24. The molecule has 2 N–H and O–H groups in total. The molecular formula is C7H5ClN2. The molecule has 0 heterocycles. The van der Waals surface area contributed by atoms with Crippen molar-refractivity contribution in [3.8, 4) is 0 Å². The monoisotopic (exact) mass is 152 g/mol. The van der Waals surface area contributed by atoms with Crippen LogP contribution in [0.5, 0.6) is 0 Å². The maximum atomic E-state index is 6.66. The smallest absolute Gasteiger partial charge is 0.209 e. The van der Waals surface area contributed by atoms with Gasteiger partial charge in [-0.1, -0.05) is 23.7 Å². The van der Waals surface area contributed by atoms with Crippen LogP contribution in [0.1, 0.15) is 0 Å². The van der Waals surface area contributed by atoms with E-state index in [1.165, 1.54) is 0 Å². The maximum absolute atomic E-state index is 6.66. The Morgan fingerprint density at radius 1 is 1.50 bits per heavy atom. The molecule has 0 aliphatic heterocycles. The SMILES string of the molecule is [C-]#[N+]c1ccc(Cl)cc1N. The molecule has 0 aromatic heterocycles. The molecular weight excluding hydrogens is 148 g/mol. The Balaban J connectivity index is 3.23. The van der Waals surface area contributed by atoms with Crippen LogP contribution < -0.4 is 5.73 Å². The standard InChI is InChI=1S/C7H5ClN2/c1-10-7-3-2-5(8)4-6(7)9/h2-4H,9H2. The summed E-state index contributed by atoms with van der Waals surface area (Å²) in [6, 6.07) is 4.81. The van der Waals surface area contributed by atoms with Gasteiger partial charge in [0.2, 0.25) is 5.69 Å². The first-order chi connectivity index (χ1) is 4.74. The summed E-state index contributed by atoms with van der Waals surface area (Å²) in [7, 11) is 0. The number of anilines is 1. The van der Waals surface area contributed by atoms with Crippen LogP contribution in [-0.4, -0.2) is 0 Å². The Labute approximate surface area is 64.0 Å². The summed E-state index contributed by atoms with van der Waals surface area (Å²) >= 11 is 5.59. The molecule has 10 heavy (non-hydrogen) atoms. The lowest BCUT2D eigenvalue weighted by atomic mass is 10.3. The lowest BCUT2D eigenvalue weighted by Gasteiger charge is -1.95. The van der Waals surface area contributed by atoms with Crippen LogP contribution in [0.15, 0.2) is 18.2 Å². The number of rotatable bonds is 0. The van der Waals surface area contributed by atoms with Crippen molar-refractivity contribution in [2.45, 2.75) is 0 Å². The van der Waals surface area contributed by atoms with E-state index in [0.717, 1.165) is 0 Å². The second-order valence-electron chi connectivity index (χ2n) is 1.81. The van der Waals surface area contributed by atoms with Crippen molar-refractivity contribution in [1.29, 1.82) is 0 Å². The topological polar surface area (TPSA) is 30.4 Å². The fourth-order valence-electron chi connectivity index (χ4n) is 0.627. The van der Waals surface area contributed by atoms with E-state index >= 15 is 0 Å². The molecule has 1 rings (SSSR count). The molecule has 0 aliphatic rings. The lowest BCUT2D eigenvalue weighted by Crippen LogP contribution is -1.82. The Morgan fingerprint density at radius 2 is 2.20 bits per heavy atom. The van der Waals surface area contributed by atoms with E-state index in [0.29, 0.717) is 16.4 Å². The van der Waals surface area contributed by atoms with Crippen LogP contribution in [0.4, 0.5) is 11.4 Å². The largest absolute Gasteiger partial charge is 0.407 e. The van der Waals surface area contributed by atoms with Crippen molar-refractivity contribution >= 4 is 23.0 Å². The van der Waals surface area contributed by atoms with Gasteiger partial charge in [-0.15, -0.1) is 0 Å². The number of hydrogen-bond donors (Lipinski definition) is 1. The number of nitrogen functional groups attached to an aromatic ring is 1. The van der Waals surface area contributed by atoms with E-state index in [2.05, 4.69) is 4.85 Å². The van der Waals surface area contributed by atoms with Gasteiger partial charge in [0.15, 0.2) is 0 Å². The first-order valence-corrected chi connectivity index (χ1v) is 3.04. The Hall–Kier alpha value is -1.20. The van der Waals surface area contributed by atoms with Crippen LogP contribution in [0.25, 0.3) is 4.85 Å². The van der Waals surface area contributed by atoms with Crippen LogP contribution in [0.3, 0.4) is 0 Å². The number of nitrogens with two attached hydrogens (primary N) is 1. The summed E-state index contributed by atoms with van der Waals surface area (Å²) < 4.78 is 0. The van der Waals surface area contributed by atoms with Crippen LogP contribution >= 0.6 is 11.6 Å². The van der Waals surface area contributed by atoms with Crippen molar-refractivity contribution < 1.29 is 0 Å². The summed E-state index contributed by atoms with van der Waals surface area (Å²) in [5, 5.41) is 0.560. The summed E-state index contributed by atoms with van der Waals surface area (Å²) in [5.41, 5.74) is 6.32. The third-order valence-electron chi connectivity index (χ3n) is 1.11. The molecule has 1 aromatic carbocycles. The fraction of sp³-hybridized carbons (Fsp3) is 0. The van der Waals surface area contributed by atoms with Crippen molar-refractivity contribution in [2.24, 2.45) is 0 Å². The van der Waals surface area contributed by atoms with Gasteiger partial charge in [0.25, 0.3) is 0 Å². The molecule has 0 aliphatic carbocycles. The highest BCUT2D eigenvalue weighted by atomic mass is 35.5. The molecule has 3 heteroatoms. The normalized spacial score (nSPS) is 8.80. The fourth-order valence-corrected chi connectivity index (χ4v) is 0.808. The molecule has 0 spiro atoms. The number of nitrogens with zero attached hydrogens (tertiary/aromatic N) is 1. The van der Waals surface area contributed by atoms with Gasteiger partial charge in [0.05, 0.1) is 6.57 Å². The van der Waals surface area contributed by atoms with E-state index in [4.69, 9.17) is 23.9 Å². The third kappa shape index (κ3) is 1.20. The predicted molar refractivity (Wildman–Crippen MR) is 42.1 cm³/mol. The first-order valence-electron chi connectivity index (χ1n) is 2.66.